The minimum absolute atomic E-state index is 0.108. The van der Waals surface area contributed by atoms with Gasteiger partial charge in [0, 0.05) is 10.9 Å². The van der Waals surface area contributed by atoms with E-state index < -0.39 is 17.8 Å². The first-order chi connectivity index (χ1) is 6.61. The van der Waals surface area contributed by atoms with Gasteiger partial charge in [-0.25, -0.2) is 13.2 Å². The fourth-order valence-electron chi connectivity index (χ4n) is 1.02. The van der Waals surface area contributed by atoms with Crippen LogP contribution in [0.25, 0.3) is 0 Å². The molecule has 0 radical (unpaired) electrons. The first-order valence-corrected chi connectivity index (χ1v) is 4.70. The van der Waals surface area contributed by atoms with Crippen molar-refractivity contribution in [3.63, 3.8) is 0 Å². The van der Waals surface area contributed by atoms with Crippen LogP contribution in [0.3, 0.4) is 0 Å². The summed E-state index contributed by atoms with van der Waals surface area (Å²) in [5.74, 6) is -1.16. The van der Waals surface area contributed by atoms with Crippen LogP contribution in [-0.2, 0) is 5.33 Å². The molecule has 2 nitrogen and oxygen atoms in total. The third-order valence-corrected chi connectivity index (χ3v) is 2.19. The molecule has 0 bridgehead atoms. The summed E-state index contributed by atoms with van der Waals surface area (Å²) in [5, 5.41) is 0.126. The van der Waals surface area contributed by atoms with Gasteiger partial charge >= 0.3 is 0 Å². The molecule has 14 heavy (non-hydrogen) atoms. The highest BCUT2D eigenvalue weighted by atomic mass is 79.9. The van der Waals surface area contributed by atoms with Crippen LogP contribution in [0.2, 0.25) is 0 Å². The summed E-state index contributed by atoms with van der Waals surface area (Å²) < 4.78 is 37.6. The second kappa shape index (κ2) is 4.54. The van der Waals surface area contributed by atoms with Crippen LogP contribution in [-0.4, -0.2) is 11.3 Å². The van der Waals surface area contributed by atoms with E-state index in [1.807, 2.05) is 0 Å². The van der Waals surface area contributed by atoms with Gasteiger partial charge in [-0.05, 0) is 0 Å². The number of hydrogen-bond donors (Lipinski definition) is 0. The normalized spacial score (nSPS) is 10.6. The number of pyridine rings is 1. The van der Waals surface area contributed by atoms with Crippen molar-refractivity contribution in [2.24, 2.45) is 0 Å². The Hall–Kier alpha value is -0.910. The third-order valence-electron chi connectivity index (χ3n) is 1.65. The Morgan fingerprint density at radius 3 is 2.64 bits per heavy atom. The number of carbonyl (C=O) groups excluding carboxylic acids is 1. The van der Waals surface area contributed by atoms with Crippen LogP contribution < -0.4 is 0 Å². The zero-order valence-electron chi connectivity index (χ0n) is 6.81. The molecule has 76 valence electrons. The van der Waals surface area contributed by atoms with Crippen molar-refractivity contribution in [3.05, 3.63) is 28.8 Å². The largest absolute Gasteiger partial charge is 0.298 e. The molecule has 0 aliphatic heterocycles. The highest BCUT2D eigenvalue weighted by Crippen LogP contribution is 2.26. The van der Waals surface area contributed by atoms with Crippen LogP contribution in [0.1, 0.15) is 28.0 Å². The van der Waals surface area contributed by atoms with E-state index in [9.17, 15) is 18.0 Å². The van der Waals surface area contributed by atoms with Crippen molar-refractivity contribution in [3.8, 4) is 0 Å². The molecule has 0 unspecified atom stereocenters. The van der Waals surface area contributed by atoms with E-state index in [4.69, 9.17) is 0 Å². The highest BCUT2D eigenvalue weighted by Gasteiger charge is 2.21. The van der Waals surface area contributed by atoms with Crippen LogP contribution >= 0.6 is 15.9 Å². The molecule has 0 fully saturated rings. The predicted octanol–water partition coefficient (Wildman–Crippen LogP) is 2.87. The van der Waals surface area contributed by atoms with Gasteiger partial charge in [-0.1, -0.05) is 15.9 Å². The monoisotopic (exact) mass is 267 g/mol. The molecule has 1 rings (SSSR count). The van der Waals surface area contributed by atoms with E-state index in [2.05, 4.69) is 20.9 Å². The van der Waals surface area contributed by atoms with Crippen molar-refractivity contribution in [1.29, 1.82) is 0 Å². The molecule has 0 N–H and O–H groups in total. The molecule has 0 aromatic carbocycles. The average molecular weight is 268 g/mol. The van der Waals surface area contributed by atoms with Gasteiger partial charge in [0.1, 0.15) is 0 Å². The third kappa shape index (κ3) is 1.95. The fraction of sp³-hybridized carbons (Fsp3) is 0.250. The molecule has 1 aromatic rings. The quantitative estimate of drug-likeness (QED) is 0.623. The summed E-state index contributed by atoms with van der Waals surface area (Å²) >= 11 is 2.97. The molecule has 1 heterocycles. The maximum absolute atomic E-state index is 12.9. The van der Waals surface area contributed by atoms with Gasteiger partial charge in [0.25, 0.3) is 6.43 Å². The van der Waals surface area contributed by atoms with Crippen LogP contribution in [0.5, 0.6) is 0 Å². The van der Waals surface area contributed by atoms with E-state index >= 15 is 0 Å². The number of hydrogen-bond acceptors (Lipinski definition) is 2. The number of nitrogens with zero attached hydrogens (tertiary/aromatic N) is 1. The fourth-order valence-corrected chi connectivity index (χ4v) is 1.46. The summed E-state index contributed by atoms with van der Waals surface area (Å²) in [4.78, 5) is 14.0. The molecule has 0 saturated carbocycles. The van der Waals surface area contributed by atoms with Crippen molar-refractivity contribution < 1.29 is 18.0 Å². The van der Waals surface area contributed by atoms with Crippen LogP contribution in [0, 0.1) is 5.82 Å². The Balaban J connectivity index is 3.42. The van der Waals surface area contributed by atoms with Crippen molar-refractivity contribution in [2.45, 2.75) is 11.8 Å². The SMILES string of the molecule is O=Cc1c(CBr)ncc(F)c1C(F)F. The lowest BCUT2D eigenvalue weighted by molar-refractivity contribution is 0.110. The number of carbonyl (C=O) groups is 1. The van der Waals surface area contributed by atoms with E-state index in [-0.39, 0.29) is 22.9 Å². The van der Waals surface area contributed by atoms with Crippen LogP contribution in [0.4, 0.5) is 13.2 Å². The molecule has 0 atom stereocenters. The Bertz CT molecular complexity index is 357. The Morgan fingerprint density at radius 1 is 1.57 bits per heavy atom. The van der Waals surface area contributed by atoms with Gasteiger partial charge in [-0.15, -0.1) is 0 Å². The number of alkyl halides is 3. The van der Waals surface area contributed by atoms with Gasteiger partial charge in [0.05, 0.1) is 17.5 Å². The van der Waals surface area contributed by atoms with Gasteiger partial charge in [-0.3, -0.25) is 9.78 Å². The predicted molar refractivity (Wildman–Crippen MR) is 47.2 cm³/mol. The minimum Gasteiger partial charge on any atom is -0.298 e. The van der Waals surface area contributed by atoms with E-state index in [0.717, 1.165) is 0 Å². The smallest absolute Gasteiger partial charge is 0.267 e. The van der Waals surface area contributed by atoms with Gasteiger partial charge < -0.3 is 0 Å². The molecule has 6 heteroatoms. The lowest BCUT2D eigenvalue weighted by Gasteiger charge is -2.07. The van der Waals surface area contributed by atoms with Gasteiger partial charge in [-0.2, -0.15) is 0 Å². The summed E-state index contributed by atoms with van der Waals surface area (Å²) in [5.41, 5.74) is -1.15. The first-order valence-electron chi connectivity index (χ1n) is 3.58. The number of rotatable bonds is 3. The molecule has 0 spiro atoms. The van der Waals surface area contributed by atoms with E-state index in [0.29, 0.717) is 6.20 Å². The standard InChI is InChI=1S/C8H5BrF3NO/c9-1-6-4(3-14)7(8(11)12)5(10)2-13-6/h2-3,8H,1H2. The molecule has 0 saturated heterocycles. The summed E-state index contributed by atoms with van der Waals surface area (Å²) in [7, 11) is 0. The van der Waals surface area contributed by atoms with Gasteiger partial charge in [0.2, 0.25) is 0 Å². The van der Waals surface area contributed by atoms with Crippen molar-refractivity contribution in [2.75, 3.05) is 0 Å². The molecular formula is C8H5BrF3NO. The average Bonchev–Trinajstić information content (AvgIpc) is 2.16. The molecule has 0 aliphatic carbocycles. The highest BCUT2D eigenvalue weighted by molar-refractivity contribution is 9.08. The van der Waals surface area contributed by atoms with Crippen LogP contribution in [0.15, 0.2) is 6.20 Å². The van der Waals surface area contributed by atoms with Gasteiger partial charge in [0.15, 0.2) is 12.1 Å². The Kier molecular flexibility index (Phi) is 3.62. The maximum Gasteiger partial charge on any atom is 0.267 e. The molecular weight excluding hydrogens is 263 g/mol. The lowest BCUT2D eigenvalue weighted by Crippen LogP contribution is -2.04. The summed E-state index contributed by atoms with van der Waals surface area (Å²) in [6.07, 6.45) is -2.14. The topological polar surface area (TPSA) is 30.0 Å². The second-order valence-electron chi connectivity index (χ2n) is 2.43. The lowest BCUT2D eigenvalue weighted by atomic mass is 10.1. The zero-order chi connectivity index (χ0) is 10.7. The Morgan fingerprint density at radius 2 is 2.21 bits per heavy atom. The summed E-state index contributed by atoms with van der Waals surface area (Å²) in [6.45, 7) is 0. The zero-order valence-corrected chi connectivity index (χ0v) is 8.39. The molecule has 1 aromatic heterocycles. The Labute approximate surface area is 86.3 Å². The number of aromatic nitrogens is 1. The molecule has 0 aliphatic rings. The summed E-state index contributed by atoms with van der Waals surface area (Å²) in [6, 6.07) is 0. The van der Waals surface area contributed by atoms with E-state index in [1.165, 1.54) is 0 Å². The number of aldehydes is 1. The first kappa shape index (κ1) is 11.2. The van der Waals surface area contributed by atoms with E-state index in [1.54, 1.807) is 0 Å². The van der Waals surface area contributed by atoms with Crippen molar-refractivity contribution in [1.82, 2.24) is 4.98 Å². The van der Waals surface area contributed by atoms with Crippen molar-refractivity contribution >= 4 is 22.2 Å². The maximum atomic E-state index is 12.9. The second-order valence-corrected chi connectivity index (χ2v) is 2.99. The number of halogens is 4. The molecule has 0 amide bonds. The minimum atomic E-state index is -3.02.